The van der Waals surface area contributed by atoms with E-state index in [1.54, 1.807) is 18.2 Å². The first-order chi connectivity index (χ1) is 9.16. The molecule has 0 radical (unpaired) electrons. The van der Waals surface area contributed by atoms with Crippen LogP contribution in [0.2, 0.25) is 0 Å². The zero-order valence-electron chi connectivity index (χ0n) is 10.8. The molecule has 0 amide bonds. The molecule has 0 spiro atoms. The molecular formula is C16H16N2O. The highest BCUT2D eigenvalue weighted by Crippen LogP contribution is 2.18. The second-order valence-corrected chi connectivity index (χ2v) is 4.27. The first kappa shape index (κ1) is 12.9. The zero-order valence-corrected chi connectivity index (χ0v) is 10.8. The molecule has 2 rings (SSSR count). The van der Waals surface area contributed by atoms with Gasteiger partial charge in [-0.05, 0) is 19.1 Å². The number of carbonyl (C=O) groups is 1. The lowest BCUT2D eigenvalue weighted by Gasteiger charge is -2.08. The van der Waals surface area contributed by atoms with Crippen molar-refractivity contribution in [1.82, 2.24) is 0 Å². The Morgan fingerprint density at radius 3 is 2.37 bits per heavy atom. The summed E-state index contributed by atoms with van der Waals surface area (Å²) < 4.78 is 0. The molecule has 0 saturated carbocycles. The summed E-state index contributed by atoms with van der Waals surface area (Å²) in [4.78, 5) is 12.0. The number of benzene rings is 2. The van der Waals surface area contributed by atoms with Crippen LogP contribution < -0.4 is 11.1 Å². The standard InChI is InChI=1S/C16H16N2O/c1-12(18-15-10-6-5-9-14(15)17)11-16(19)13-7-3-2-4-8-13/h2-11,18H,17H2,1H3/b12-11-. The van der Waals surface area contributed by atoms with E-state index in [1.165, 1.54) is 0 Å². The summed E-state index contributed by atoms with van der Waals surface area (Å²) in [6.45, 7) is 1.84. The Hall–Kier alpha value is -2.55. The van der Waals surface area contributed by atoms with Gasteiger partial charge in [-0.3, -0.25) is 4.79 Å². The molecule has 0 heterocycles. The van der Waals surface area contributed by atoms with Gasteiger partial charge in [-0.2, -0.15) is 0 Å². The highest BCUT2D eigenvalue weighted by atomic mass is 16.1. The monoisotopic (exact) mass is 252 g/mol. The van der Waals surface area contributed by atoms with Gasteiger partial charge < -0.3 is 11.1 Å². The third-order valence-corrected chi connectivity index (χ3v) is 2.70. The van der Waals surface area contributed by atoms with Crippen LogP contribution in [0.3, 0.4) is 0 Å². The Kier molecular flexibility index (Phi) is 3.98. The SMILES string of the molecule is C/C(=C/C(=O)c1ccccc1)Nc1ccccc1N. The molecule has 0 saturated heterocycles. The Labute approximate surface area is 112 Å². The third-order valence-electron chi connectivity index (χ3n) is 2.70. The molecule has 19 heavy (non-hydrogen) atoms. The number of hydrogen-bond acceptors (Lipinski definition) is 3. The van der Waals surface area contributed by atoms with Crippen LogP contribution in [0.1, 0.15) is 17.3 Å². The summed E-state index contributed by atoms with van der Waals surface area (Å²) in [5.74, 6) is -0.0277. The Morgan fingerprint density at radius 1 is 1.05 bits per heavy atom. The number of nitrogens with one attached hydrogen (secondary N) is 1. The molecule has 96 valence electrons. The second kappa shape index (κ2) is 5.87. The van der Waals surface area contributed by atoms with Gasteiger partial charge in [0.2, 0.25) is 0 Å². The molecule has 3 N–H and O–H groups in total. The molecule has 0 aliphatic rings. The van der Waals surface area contributed by atoms with Crippen molar-refractivity contribution in [3.05, 3.63) is 71.9 Å². The molecule has 0 aliphatic carbocycles. The van der Waals surface area contributed by atoms with Crippen LogP contribution >= 0.6 is 0 Å². The van der Waals surface area contributed by atoms with E-state index >= 15 is 0 Å². The highest BCUT2D eigenvalue weighted by molar-refractivity contribution is 6.05. The minimum absolute atomic E-state index is 0.0277. The minimum Gasteiger partial charge on any atom is -0.397 e. The molecule has 0 unspecified atom stereocenters. The van der Waals surface area contributed by atoms with E-state index in [0.717, 1.165) is 11.4 Å². The van der Waals surface area contributed by atoms with Gasteiger partial charge in [-0.1, -0.05) is 42.5 Å². The number of carbonyl (C=O) groups excluding carboxylic acids is 1. The number of hydrogen-bond donors (Lipinski definition) is 2. The lowest BCUT2D eigenvalue weighted by atomic mass is 10.1. The summed E-state index contributed by atoms with van der Waals surface area (Å²) in [6.07, 6.45) is 1.57. The predicted molar refractivity (Wildman–Crippen MR) is 79.0 cm³/mol. The molecule has 0 bridgehead atoms. The van der Waals surface area contributed by atoms with Crippen molar-refractivity contribution < 1.29 is 4.79 Å². The number of para-hydroxylation sites is 2. The summed E-state index contributed by atoms with van der Waals surface area (Å²) >= 11 is 0. The van der Waals surface area contributed by atoms with Crippen molar-refractivity contribution in [3.8, 4) is 0 Å². The minimum atomic E-state index is -0.0277. The van der Waals surface area contributed by atoms with Crippen LogP contribution in [0.5, 0.6) is 0 Å². The van der Waals surface area contributed by atoms with E-state index in [9.17, 15) is 4.79 Å². The molecule has 0 fully saturated rings. The summed E-state index contributed by atoms with van der Waals surface area (Å²) in [5, 5.41) is 3.13. The van der Waals surface area contributed by atoms with Crippen LogP contribution in [0.15, 0.2) is 66.4 Å². The van der Waals surface area contributed by atoms with E-state index in [0.29, 0.717) is 11.3 Å². The number of anilines is 2. The lowest BCUT2D eigenvalue weighted by molar-refractivity contribution is 0.104. The fraction of sp³-hybridized carbons (Fsp3) is 0.0625. The smallest absolute Gasteiger partial charge is 0.187 e. The van der Waals surface area contributed by atoms with Crippen molar-refractivity contribution in [2.24, 2.45) is 0 Å². The van der Waals surface area contributed by atoms with Gasteiger partial charge >= 0.3 is 0 Å². The fourth-order valence-electron chi connectivity index (χ4n) is 1.74. The second-order valence-electron chi connectivity index (χ2n) is 4.27. The van der Waals surface area contributed by atoms with Gasteiger partial charge in [0.1, 0.15) is 0 Å². The first-order valence-electron chi connectivity index (χ1n) is 6.06. The van der Waals surface area contributed by atoms with Gasteiger partial charge in [0.15, 0.2) is 5.78 Å². The largest absolute Gasteiger partial charge is 0.397 e. The van der Waals surface area contributed by atoms with Crippen molar-refractivity contribution >= 4 is 17.2 Å². The number of allylic oxidation sites excluding steroid dienone is 2. The maximum Gasteiger partial charge on any atom is 0.187 e. The van der Waals surface area contributed by atoms with Gasteiger partial charge in [-0.15, -0.1) is 0 Å². The number of nitrogens with two attached hydrogens (primary N) is 1. The van der Waals surface area contributed by atoms with Crippen LogP contribution in [-0.2, 0) is 0 Å². The Balaban J connectivity index is 2.12. The molecular weight excluding hydrogens is 236 g/mol. The van der Waals surface area contributed by atoms with Gasteiger partial charge in [0.05, 0.1) is 11.4 Å². The van der Waals surface area contributed by atoms with E-state index in [1.807, 2.05) is 49.4 Å². The van der Waals surface area contributed by atoms with Crippen molar-refractivity contribution in [2.75, 3.05) is 11.1 Å². The van der Waals surface area contributed by atoms with Crippen LogP contribution in [0, 0.1) is 0 Å². The Bertz CT molecular complexity index is 603. The number of nitrogen functional groups attached to an aromatic ring is 1. The van der Waals surface area contributed by atoms with Gasteiger partial charge in [0.25, 0.3) is 0 Å². The fourth-order valence-corrected chi connectivity index (χ4v) is 1.74. The summed E-state index contributed by atoms with van der Waals surface area (Å²) in [5.41, 5.74) is 8.72. The highest BCUT2D eigenvalue weighted by Gasteiger charge is 2.03. The van der Waals surface area contributed by atoms with Crippen LogP contribution in [0.25, 0.3) is 0 Å². The van der Waals surface area contributed by atoms with Crippen LogP contribution in [-0.4, -0.2) is 5.78 Å². The first-order valence-corrected chi connectivity index (χ1v) is 6.06. The maximum absolute atomic E-state index is 12.0. The molecule has 2 aromatic carbocycles. The zero-order chi connectivity index (χ0) is 13.7. The Morgan fingerprint density at radius 2 is 1.68 bits per heavy atom. The van der Waals surface area contributed by atoms with Crippen molar-refractivity contribution in [1.29, 1.82) is 0 Å². The number of rotatable bonds is 4. The predicted octanol–water partition coefficient (Wildman–Crippen LogP) is 3.47. The van der Waals surface area contributed by atoms with Gasteiger partial charge in [0, 0.05) is 17.3 Å². The molecule has 3 heteroatoms. The summed E-state index contributed by atoms with van der Waals surface area (Å²) in [7, 11) is 0. The van der Waals surface area contributed by atoms with Crippen molar-refractivity contribution in [2.45, 2.75) is 6.92 Å². The topological polar surface area (TPSA) is 55.1 Å². The lowest BCUT2D eigenvalue weighted by Crippen LogP contribution is -2.03. The average Bonchev–Trinajstić information content (AvgIpc) is 2.42. The van der Waals surface area contributed by atoms with Gasteiger partial charge in [-0.25, -0.2) is 0 Å². The van der Waals surface area contributed by atoms with E-state index in [-0.39, 0.29) is 5.78 Å². The molecule has 2 aromatic rings. The maximum atomic E-state index is 12.0. The third kappa shape index (κ3) is 3.45. The quantitative estimate of drug-likeness (QED) is 0.497. The van der Waals surface area contributed by atoms with E-state index < -0.39 is 0 Å². The molecule has 0 aliphatic heterocycles. The molecule has 3 nitrogen and oxygen atoms in total. The average molecular weight is 252 g/mol. The van der Waals surface area contributed by atoms with E-state index in [4.69, 9.17) is 5.73 Å². The number of ketones is 1. The summed E-state index contributed by atoms with van der Waals surface area (Å²) in [6, 6.07) is 16.6. The van der Waals surface area contributed by atoms with Crippen molar-refractivity contribution in [3.63, 3.8) is 0 Å². The molecule has 0 atom stereocenters. The molecule has 0 aromatic heterocycles. The normalized spacial score (nSPS) is 11.1. The van der Waals surface area contributed by atoms with Crippen LogP contribution in [0.4, 0.5) is 11.4 Å². The van der Waals surface area contributed by atoms with E-state index in [2.05, 4.69) is 5.32 Å².